The molecule has 3 nitrogen and oxygen atoms in total. The van der Waals surface area contributed by atoms with Crippen molar-refractivity contribution in [3.8, 4) is 0 Å². The zero-order chi connectivity index (χ0) is 14.5. The number of rotatable bonds is 7. The average Bonchev–Trinajstić information content (AvgIpc) is 2.75. The van der Waals surface area contributed by atoms with Gasteiger partial charge >= 0.3 is 0 Å². The van der Waals surface area contributed by atoms with Crippen molar-refractivity contribution in [3.63, 3.8) is 0 Å². The third-order valence-electron chi connectivity index (χ3n) is 4.24. The Hall–Kier alpha value is -1.35. The lowest BCUT2D eigenvalue weighted by molar-refractivity contribution is 0.416. The highest BCUT2D eigenvalue weighted by molar-refractivity contribution is 5.79. The minimum Gasteiger partial charge on any atom is -0.331 e. The number of fused-ring (bicyclic) bond motifs is 1. The van der Waals surface area contributed by atoms with Gasteiger partial charge in [-0.25, -0.2) is 4.98 Å². The number of nitrogens with two attached hydrogens (primary N) is 1. The van der Waals surface area contributed by atoms with Gasteiger partial charge in [-0.05, 0) is 43.9 Å². The smallest absolute Gasteiger partial charge is 0.109 e. The van der Waals surface area contributed by atoms with Crippen LogP contribution in [0.15, 0.2) is 18.2 Å². The van der Waals surface area contributed by atoms with Crippen molar-refractivity contribution in [1.29, 1.82) is 0 Å². The van der Waals surface area contributed by atoms with Crippen LogP contribution in [0.5, 0.6) is 0 Å². The minimum atomic E-state index is 0.742. The molecule has 1 atom stereocenters. The number of para-hydroxylation sites is 1. The van der Waals surface area contributed by atoms with E-state index in [2.05, 4.69) is 43.7 Å². The van der Waals surface area contributed by atoms with Gasteiger partial charge in [0.2, 0.25) is 0 Å². The third-order valence-corrected chi connectivity index (χ3v) is 4.24. The molecule has 0 bridgehead atoms. The van der Waals surface area contributed by atoms with Crippen molar-refractivity contribution >= 4 is 11.0 Å². The van der Waals surface area contributed by atoms with Crippen LogP contribution in [0.1, 0.15) is 44.0 Å². The molecule has 2 rings (SSSR count). The van der Waals surface area contributed by atoms with E-state index in [4.69, 9.17) is 10.7 Å². The molecular weight excluding hydrogens is 246 g/mol. The van der Waals surface area contributed by atoms with Gasteiger partial charge in [-0.1, -0.05) is 31.9 Å². The third kappa shape index (κ3) is 3.21. The van der Waals surface area contributed by atoms with E-state index in [0.717, 1.165) is 30.8 Å². The Morgan fingerprint density at radius 1 is 1.25 bits per heavy atom. The molecule has 1 aromatic heterocycles. The zero-order valence-electron chi connectivity index (χ0n) is 13.0. The fourth-order valence-corrected chi connectivity index (χ4v) is 3.15. The maximum absolute atomic E-state index is 5.72. The number of hydrogen-bond acceptors (Lipinski definition) is 2. The lowest BCUT2D eigenvalue weighted by Crippen LogP contribution is -2.11. The molecule has 0 spiro atoms. The molecule has 0 radical (unpaired) electrons. The summed E-state index contributed by atoms with van der Waals surface area (Å²) in [6.07, 6.45) is 5.90. The van der Waals surface area contributed by atoms with Gasteiger partial charge in [-0.15, -0.1) is 0 Å². The summed E-state index contributed by atoms with van der Waals surface area (Å²) >= 11 is 0. The maximum atomic E-state index is 5.72. The number of nitrogens with zero attached hydrogens (tertiary/aromatic N) is 2. The van der Waals surface area contributed by atoms with Crippen molar-refractivity contribution in [1.82, 2.24) is 9.55 Å². The maximum Gasteiger partial charge on any atom is 0.109 e. The molecule has 110 valence electrons. The monoisotopic (exact) mass is 273 g/mol. The zero-order valence-corrected chi connectivity index (χ0v) is 13.0. The van der Waals surface area contributed by atoms with E-state index in [0.29, 0.717) is 0 Å². The van der Waals surface area contributed by atoms with Crippen LogP contribution < -0.4 is 5.73 Å². The Labute approximate surface area is 122 Å². The molecule has 0 saturated heterocycles. The van der Waals surface area contributed by atoms with E-state index in [1.807, 2.05) is 0 Å². The summed E-state index contributed by atoms with van der Waals surface area (Å²) in [6.45, 7) is 5.20. The number of hydrogen-bond donors (Lipinski definition) is 1. The molecule has 0 amide bonds. The largest absolute Gasteiger partial charge is 0.331 e. The van der Waals surface area contributed by atoms with Crippen LogP contribution in [0.25, 0.3) is 11.0 Å². The average molecular weight is 273 g/mol. The number of aromatic nitrogens is 2. The van der Waals surface area contributed by atoms with Gasteiger partial charge in [0.05, 0.1) is 11.0 Å². The summed E-state index contributed by atoms with van der Waals surface area (Å²) in [5, 5.41) is 0. The Kier molecular flexibility index (Phi) is 5.18. The van der Waals surface area contributed by atoms with Crippen molar-refractivity contribution < 1.29 is 0 Å². The van der Waals surface area contributed by atoms with Crippen LogP contribution in [0, 0.1) is 12.8 Å². The SMILES string of the molecule is CCCC(CCN)CCc1nc2cccc(C)c2n1C. The van der Waals surface area contributed by atoms with E-state index < -0.39 is 0 Å². The van der Waals surface area contributed by atoms with Crippen molar-refractivity contribution in [2.75, 3.05) is 6.54 Å². The first-order valence-electron chi connectivity index (χ1n) is 7.78. The van der Waals surface area contributed by atoms with Gasteiger partial charge in [0.25, 0.3) is 0 Å². The minimum absolute atomic E-state index is 0.742. The summed E-state index contributed by atoms with van der Waals surface area (Å²) in [4.78, 5) is 4.80. The molecule has 0 aliphatic carbocycles. The Morgan fingerprint density at radius 2 is 2.05 bits per heavy atom. The fourth-order valence-electron chi connectivity index (χ4n) is 3.15. The number of benzene rings is 1. The van der Waals surface area contributed by atoms with Crippen LogP contribution in [-0.4, -0.2) is 16.1 Å². The van der Waals surface area contributed by atoms with Gasteiger partial charge in [-0.3, -0.25) is 0 Å². The quantitative estimate of drug-likeness (QED) is 0.838. The predicted molar refractivity (Wildman–Crippen MR) is 85.8 cm³/mol. The first-order chi connectivity index (χ1) is 9.67. The van der Waals surface area contributed by atoms with Crippen molar-refractivity contribution in [2.45, 2.75) is 46.0 Å². The topological polar surface area (TPSA) is 43.8 Å². The molecule has 2 aromatic rings. The van der Waals surface area contributed by atoms with E-state index in [1.54, 1.807) is 0 Å². The Balaban J connectivity index is 2.13. The summed E-state index contributed by atoms with van der Waals surface area (Å²) in [6, 6.07) is 6.35. The number of aryl methyl sites for hydroxylation is 3. The van der Waals surface area contributed by atoms with Gasteiger partial charge < -0.3 is 10.3 Å². The van der Waals surface area contributed by atoms with Gasteiger partial charge in [-0.2, -0.15) is 0 Å². The van der Waals surface area contributed by atoms with Crippen LogP contribution in [0.4, 0.5) is 0 Å². The summed E-state index contributed by atoms with van der Waals surface area (Å²) in [5.74, 6) is 1.94. The Bertz CT molecular complexity index is 551. The Morgan fingerprint density at radius 3 is 2.70 bits per heavy atom. The van der Waals surface area contributed by atoms with E-state index in [9.17, 15) is 0 Å². The first kappa shape index (κ1) is 15.0. The van der Waals surface area contributed by atoms with Gasteiger partial charge in [0, 0.05) is 13.5 Å². The highest BCUT2D eigenvalue weighted by atomic mass is 15.1. The first-order valence-corrected chi connectivity index (χ1v) is 7.78. The molecule has 0 aliphatic heterocycles. The number of imidazole rings is 1. The van der Waals surface area contributed by atoms with Crippen molar-refractivity contribution in [2.24, 2.45) is 18.7 Å². The van der Waals surface area contributed by atoms with Gasteiger partial charge in [0.1, 0.15) is 5.82 Å². The highest BCUT2D eigenvalue weighted by Crippen LogP contribution is 2.22. The second-order valence-corrected chi connectivity index (χ2v) is 5.80. The molecule has 0 aliphatic rings. The summed E-state index contributed by atoms with van der Waals surface area (Å²) in [7, 11) is 2.13. The molecule has 3 heteroatoms. The van der Waals surface area contributed by atoms with E-state index >= 15 is 0 Å². The van der Waals surface area contributed by atoms with Crippen LogP contribution in [0.2, 0.25) is 0 Å². The molecule has 1 unspecified atom stereocenters. The van der Waals surface area contributed by atoms with Crippen LogP contribution in [0.3, 0.4) is 0 Å². The summed E-state index contributed by atoms with van der Waals surface area (Å²) in [5.41, 5.74) is 9.41. The molecule has 1 heterocycles. The lowest BCUT2D eigenvalue weighted by Gasteiger charge is -2.14. The second kappa shape index (κ2) is 6.89. The highest BCUT2D eigenvalue weighted by Gasteiger charge is 2.12. The molecule has 0 fully saturated rings. The van der Waals surface area contributed by atoms with Crippen LogP contribution in [-0.2, 0) is 13.5 Å². The fraction of sp³-hybridized carbons (Fsp3) is 0.588. The van der Waals surface area contributed by atoms with Crippen LogP contribution >= 0.6 is 0 Å². The summed E-state index contributed by atoms with van der Waals surface area (Å²) < 4.78 is 2.26. The van der Waals surface area contributed by atoms with Crippen molar-refractivity contribution in [3.05, 3.63) is 29.6 Å². The molecule has 0 saturated carbocycles. The standard InChI is InChI=1S/C17H27N3/c1-4-6-14(11-12-18)9-10-16-19-15-8-5-7-13(2)17(15)20(16)3/h5,7-8,14H,4,6,9-12,18H2,1-3H3. The predicted octanol–water partition coefficient (Wildman–Crippen LogP) is 3.58. The van der Waals surface area contributed by atoms with E-state index in [-0.39, 0.29) is 0 Å². The molecule has 2 N–H and O–H groups in total. The normalized spacial score (nSPS) is 13.0. The molecule has 1 aromatic carbocycles. The van der Waals surface area contributed by atoms with E-state index in [1.165, 1.54) is 36.2 Å². The molecular formula is C17H27N3. The molecule has 20 heavy (non-hydrogen) atoms. The second-order valence-electron chi connectivity index (χ2n) is 5.80. The van der Waals surface area contributed by atoms with Gasteiger partial charge in [0.15, 0.2) is 0 Å². The lowest BCUT2D eigenvalue weighted by atomic mass is 9.94.